The Morgan fingerprint density at radius 2 is 1.56 bits per heavy atom. The second-order valence-corrected chi connectivity index (χ2v) is 3.76. The van der Waals surface area contributed by atoms with Crippen molar-refractivity contribution >= 4 is 25.3 Å². The van der Waals surface area contributed by atoms with Crippen molar-refractivity contribution in [2.75, 3.05) is 11.5 Å². The van der Waals surface area contributed by atoms with Gasteiger partial charge in [0.1, 0.15) is 0 Å². The fraction of sp³-hybridized carbons (Fsp3) is 1.00. The smallest absolute Gasteiger partial charge is 0.00335 e. The molecule has 0 aliphatic carbocycles. The average molecular weight is 164 g/mol. The van der Waals surface area contributed by atoms with E-state index in [1.807, 2.05) is 0 Å². The van der Waals surface area contributed by atoms with Crippen LogP contribution in [0.3, 0.4) is 0 Å². The lowest BCUT2D eigenvalue weighted by atomic mass is 9.83. The topological polar surface area (TPSA) is 0 Å². The molecule has 0 fully saturated rings. The molecule has 56 valence electrons. The summed E-state index contributed by atoms with van der Waals surface area (Å²) in [6.45, 7) is 6.65. The summed E-state index contributed by atoms with van der Waals surface area (Å²) in [6.07, 6.45) is 0. The predicted molar refractivity (Wildman–Crippen MR) is 50.7 cm³/mol. The second-order valence-electron chi connectivity index (χ2n) is 3.12. The van der Waals surface area contributed by atoms with Gasteiger partial charge in [-0.15, -0.1) is 0 Å². The molecule has 0 saturated heterocycles. The first-order chi connectivity index (χ1) is 4.06. The molecule has 0 aromatic heterocycles. The molecule has 0 aliphatic rings. The molecule has 0 aromatic rings. The minimum atomic E-state index is 0.312. The normalized spacial score (nSPS) is 12.7. The predicted octanol–water partition coefficient (Wildman–Crippen LogP) is 2.51. The van der Waals surface area contributed by atoms with E-state index in [2.05, 4.69) is 46.0 Å². The van der Waals surface area contributed by atoms with Crippen molar-refractivity contribution in [2.45, 2.75) is 20.8 Å². The largest absolute Gasteiger partial charge is 0.179 e. The van der Waals surface area contributed by atoms with Gasteiger partial charge in [-0.2, -0.15) is 25.3 Å². The SMILES string of the molecule is CC(C)C(C)(CS)CS. The summed E-state index contributed by atoms with van der Waals surface area (Å²) in [5, 5.41) is 0. The van der Waals surface area contributed by atoms with Crippen LogP contribution < -0.4 is 0 Å². The van der Waals surface area contributed by atoms with Crippen molar-refractivity contribution in [3.05, 3.63) is 0 Å². The third kappa shape index (κ3) is 2.42. The van der Waals surface area contributed by atoms with Gasteiger partial charge < -0.3 is 0 Å². The third-order valence-electron chi connectivity index (χ3n) is 2.12. The van der Waals surface area contributed by atoms with Gasteiger partial charge in [-0.1, -0.05) is 20.8 Å². The van der Waals surface area contributed by atoms with Crippen molar-refractivity contribution in [1.29, 1.82) is 0 Å². The Labute approximate surface area is 69.2 Å². The maximum Gasteiger partial charge on any atom is -0.00335 e. The molecule has 0 heterocycles. The van der Waals surface area contributed by atoms with Crippen LogP contribution in [0.5, 0.6) is 0 Å². The molecular formula is C7H16S2. The van der Waals surface area contributed by atoms with Gasteiger partial charge in [-0.25, -0.2) is 0 Å². The van der Waals surface area contributed by atoms with Gasteiger partial charge in [-0.05, 0) is 22.8 Å². The summed E-state index contributed by atoms with van der Waals surface area (Å²) in [4.78, 5) is 0. The molecule has 0 atom stereocenters. The highest BCUT2D eigenvalue weighted by Crippen LogP contribution is 2.28. The third-order valence-corrected chi connectivity index (χ3v) is 3.56. The molecule has 0 amide bonds. The van der Waals surface area contributed by atoms with E-state index in [0.717, 1.165) is 11.5 Å². The van der Waals surface area contributed by atoms with Crippen molar-refractivity contribution in [1.82, 2.24) is 0 Å². The Kier molecular flexibility index (Phi) is 4.06. The van der Waals surface area contributed by atoms with Crippen LogP contribution >= 0.6 is 25.3 Å². The highest BCUT2D eigenvalue weighted by atomic mass is 32.1. The van der Waals surface area contributed by atoms with Crippen LogP contribution in [0.15, 0.2) is 0 Å². The first-order valence-electron chi connectivity index (χ1n) is 3.28. The van der Waals surface area contributed by atoms with E-state index in [9.17, 15) is 0 Å². The molecule has 0 nitrogen and oxygen atoms in total. The number of thiol groups is 2. The van der Waals surface area contributed by atoms with E-state index < -0.39 is 0 Å². The minimum absolute atomic E-state index is 0.312. The summed E-state index contributed by atoms with van der Waals surface area (Å²) < 4.78 is 0. The van der Waals surface area contributed by atoms with Crippen molar-refractivity contribution in [2.24, 2.45) is 11.3 Å². The molecule has 0 bridgehead atoms. The first-order valence-corrected chi connectivity index (χ1v) is 4.55. The molecule has 0 spiro atoms. The number of hydrogen-bond acceptors (Lipinski definition) is 2. The average Bonchev–Trinajstić information content (AvgIpc) is 1.86. The van der Waals surface area contributed by atoms with Crippen LogP contribution in [0.25, 0.3) is 0 Å². The van der Waals surface area contributed by atoms with Crippen molar-refractivity contribution < 1.29 is 0 Å². The van der Waals surface area contributed by atoms with Crippen molar-refractivity contribution in [3.63, 3.8) is 0 Å². The molecule has 2 heteroatoms. The standard InChI is InChI=1S/C7H16S2/c1-6(2)7(3,4-8)5-9/h6,8-9H,4-5H2,1-3H3. The van der Waals surface area contributed by atoms with Crippen LogP contribution in [-0.4, -0.2) is 11.5 Å². The van der Waals surface area contributed by atoms with E-state index in [0.29, 0.717) is 11.3 Å². The van der Waals surface area contributed by atoms with E-state index in [-0.39, 0.29) is 0 Å². The van der Waals surface area contributed by atoms with Gasteiger partial charge in [0, 0.05) is 0 Å². The molecule has 0 radical (unpaired) electrons. The molecule has 0 rings (SSSR count). The molecule has 0 saturated carbocycles. The Morgan fingerprint density at radius 1 is 1.22 bits per heavy atom. The van der Waals surface area contributed by atoms with Crippen LogP contribution in [-0.2, 0) is 0 Å². The van der Waals surface area contributed by atoms with E-state index in [4.69, 9.17) is 0 Å². The van der Waals surface area contributed by atoms with Crippen molar-refractivity contribution in [3.8, 4) is 0 Å². The first kappa shape index (κ1) is 9.70. The number of hydrogen-bond donors (Lipinski definition) is 2. The molecule has 0 aromatic carbocycles. The lowest BCUT2D eigenvalue weighted by Crippen LogP contribution is -2.27. The summed E-state index contributed by atoms with van der Waals surface area (Å²) in [7, 11) is 0. The summed E-state index contributed by atoms with van der Waals surface area (Å²) in [5.74, 6) is 2.52. The zero-order valence-electron chi connectivity index (χ0n) is 6.39. The van der Waals surface area contributed by atoms with E-state index >= 15 is 0 Å². The second kappa shape index (κ2) is 3.77. The zero-order chi connectivity index (χ0) is 7.49. The van der Waals surface area contributed by atoms with Gasteiger partial charge >= 0.3 is 0 Å². The van der Waals surface area contributed by atoms with Gasteiger partial charge in [0.05, 0.1) is 0 Å². The van der Waals surface area contributed by atoms with Crippen LogP contribution in [0, 0.1) is 11.3 Å². The molecule has 9 heavy (non-hydrogen) atoms. The van der Waals surface area contributed by atoms with Gasteiger partial charge in [0.15, 0.2) is 0 Å². The molecular weight excluding hydrogens is 148 g/mol. The highest BCUT2D eigenvalue weighted by Gasteiger charge is 2.24. The Bertz CT molecular complexity index is 75.0. The van der Waals surface area contributed by atoms with Gasteiger partial charge in [0.25, 0.3) is 0 Å². The Morgan fingerprint density at radius 3 is 1.56 bits per heavy atom. The van der Waals surface area contributed by atoms with E-state index in [1.54, 1.807) is 0 Å². The Hall–Kier alpha value is 0.700. The Balaban J connectivity index is 3.92. The van der Waals surface area contributed by atoms with E-state index in [1.165, 1.54) is 0 Å². The lowest BCUT2D eigenvalue weighted by Gasteiger charge is -2.29. The molecule has 0 aliphatic heterocycles. The fourth-order valence-electron chi connectivity index (χ4n) is 0.415. The van der Waals surface area contributed by atoms with Crippen LogP contribution in [0.2, 0.25) is 0 Å². The lowest BCUT2D eigenvalue weighted by molar-refractivity contribution is 0.301. The quantitative estimate of drug-likeness (QED) is 0.588. The monoisotopic (exact) mass is 164 g/mol. The summed E-state index contributed by atoms with van der Waals surface area (Å²) in [5.41, 5.74) is 0.312. The maximum atomic E-state index is 4.27. The van der Waals surface area contributed by atoms with Crippen LogP contribution in [0.4, 0.5) is 0 Å². The highest BCUT2D eigenvalue weighted by molar-refractivity contribution is 7.81. The fourth-order valence-corrected chi connectivity index (χ4v) is 1.55. The number of rotatable bonds is 3. The summed E-state index contributed by atoms with van der Waals surface area (Å²) in [6, 6.07) is 0. The summed E-state index contributed by atoms with van der Waals surface area (Å²) >= 11 is 8.54. The van der Waals surface area contributed by atoms with Gasteiger partial charge in [0.2, 0.25) is 0 Å². The minimum Gasteiger partial charge on any atom is -0.179 e. The molecule has 0 unspecified atom stereocenters. The maximum absolute atomic E-state index is 4.27. The molecule has 0 N–H and O–H groups in total. The van der Waals surface area contributed by atoms with Crippen LogP contribution in [0.1, 0.15) is 20.8 Å². The zero-order valence-corrected chi connectivity index (χ0v) is 8.17. The van der Waals surface area contributed by atoms with Gasteiger partial charge in [-0.3, -0.25) is 0 Å².